The van der Waals surface area contributed by atoms with Gasteiger partial charge in [-0.3, -0.25) is 9.48 Å². The first kappa shape index (κ1) is 11.4. The Bertz CT molecular complexity index is 558. The summed E-state index contributed by atoms with van der Waals surface area (Å²) < 4.78 is 1.65. The molecule has 0 atom stereocenters. The van der Waals surface area contributed by atoms with Crippen LogP contribution >= 0.6 is 0 Å². The van der Waals surface area contributed by atoms with Crippen LogP contribution in [0.25, 0.3) is 0 Å². The summed E-state index contributed by atoms with van der Waals surface area (Å²) >= 11 is 0. The van der Waals surface area contributed by atoms with E-state index in [1.54, 1.807) is 16.9 Å². The highest BCUT2D eigenvalue weighted by Gasteiger charge is 2.10. The summed E-state index contributed by atoms with van der Waals surface area (Å²) in [5.74, 6) is 0.448. The van der Waals surface area contributed by atoms with E-state index in [2.05, 4.69) is 10.4 Å². The van der Waals surface area contributed by atoms with Gasteiger partial charge in [-0.25, -0.2) is 0 Å². The lowest BCUT2D eigenvalue weighted by molar-refractivity contribution is 0.102. The number of carbonyl (C=O) groups is 1. The number of nitrogens with one attached hydrogen (secondary N) is 1. The second-order valence-corrected chi connectivity index (χ2v) is 4.15. The van der Waals surface area contributed by atoms with E-state index in [1.807, 2.05) is 39.1 Å². The first-order chi connectivity index (χ1) is 8.06. The van der Waals surface area contributed by atoms with Gasteiger partial charge in [-0.15, -0.1) is 0 Å². The molecule has 88 valence electrons. The third-order valence-corrected chi connectivity index (χ3v) is 2.59. The van der Waals surface area contributed by atoms with Crippen molar-refractivity contribution in [1.82, 2.24) is 9.78 Å². The predicted molar refractivity (Wildman–Crippen MR) is 67.1 cm³/mol. The number of rotatable bonds is 2. The fourth-order valence-corrected chi connectivity index (χ4v) is 1.65. The third-order valence-electron chi connectivity index (χ3n) is 2.59. The molecule has 0 spiro atoms. The Morgan fingerprint density at radius 3 is 2.71 bits per heavy atom. The van der Waals surface area contributed by atoms with Crippen molar-refractivity contribution in [2.24, 2.45) is 7.05 Å². The minimum Gasteiger partial charge on any atom is -0.305 e. The quantitative estimate of drug-likeness (QED) is 0.858. The number of amides is 1. The van der Waals surface area contributed by atoms with Crippen LogP contribution in [0.4, 0.5) is 5.82 Å². The van der Waals surface area contributed by atoms with Crippen molar-refractivity contribution in [1.29, 1.82) is 0 Å². The smallest absolute Gasteiger partial charge is 0.257 e. The highest BCUT2D eigenvalue weighted by atomic mass is 16.1. The molecular formula is C13H15N3O. The van der Waals surface area contributed by atoms with Gasteiger partial charge >= 0.3 is 0 Å². The normalized spacial score (nSPS) is 10.3. The summed E-state index contributed by atoms with van der Waals surface area (Å²) in [5, 5.41) is 6.89. The second kappa shape index (κ2) is 4.41. The Morgan fingerprint density at radius 2 is 2.06 bits per heavy atom. The van der Waals surface area contributed by atoms with Crippen molar-refractivity contribution < 1.29 is 4.79 Å². The summed E-state index contributed by atoms with van der Waals surface area (Å²) in [4.78, 5) is 12.0. The minimum atomic E-state index is -0.120. The van der Waals surface area contributed by atoms with Crippen LogP contribution in [0.15, 0.2) is 30.5 Å². The van der Waals surface area contributed by atoms with Crippen molar-refractivity contribution in [3.8, 4) is 0 Å². The topological polar surface area (TPSA) is 46.9 Å². The summed E-state index contributed by atoms with van der Waals surface area (Å²) in [6.07, 6.45) is 1.79. The van der Waals surface area contributed by atoms with Crippen molar-refractivity contribution in [2.45, 2.75) is 13.8 Å². The number of nitrogens with zero attached hydrogens (tertiary/aromatic N) is 2. The van der Waals surface area contributed by atoms with E-state index in [1.165, 1.54) is 0 Å². The number of aryl methyl sites for hydroxylation is 3. The van der Waals surface area contributed by atoms with Crippen molar-refractivity contribution >= 4 is 11.7 Å². The van der Waals surface area contributed by atoms with Crippen LogP contribution in [-0.4, -0.2) is 15.7 Å². The molecule has 0 saturated carbocycles. The first-order valence-corrected chi connectivity index (χ1v) is 5.44. The molecule has 1 N–H and O–H groups in total. The molecule has 0 aliphatic carbocycles. The average Bonchev–Trinajstić information content (AvgIpc) is 2.67. The number of carbonyl (C=O) groups excluding carboxylic acids is 1. The molecule has 4 heteroatoms. The van der Waals surface area contributed by atoms with Gasteiger partial charge in [0.15, 0.2) is 5.82 Å². The van der Waals surface area contributed by atoms with Crippen LogP contribution < -0.4 is 5.32 Å². The standard InChI is InChI=1S/C13H15N3O/c1-9-4-5-10(2)11(8-9)13(17)14-12-6-7-16(3)15-12/h4-8H,1-3H3,(H,14,15,17). The van der Waals surface area contributed by atoms with Crippen molar-refractivity contribution in [2.75, 3.05) is 5.32 Å². The van der Waals surface area contributed by atoms with Crippen molar-refractivity contribution in [3.05, 3.63) is 47.2 Å². The molecule has 0 fully saturated rings. The molecule has 0 radical (unpaired) electrons. The molecule has 17 heavy (non-hydrogen) atoms. The lowest BCUT2D eigenvalue weighted by atomic mass is 10.1. The van der Waals surface area contributed by atoms with Gasteiger partial charge in [0.2, 0.25) is 0 Å². The molecule has 0 aliphatic heterocycles. The monoisotopic (exact) mass is 229 g/mol. The highest BCUT2D eigenvalue weighted by molar-refractivity contribution is 6.04. The number of aromatic nitrogens is 2. The fourth-order valence-electron chi connectivity index (χ4n) is 1.65. The van der Waals surface area contributed by atoms with E-state index in [-0.39, 0.29) is 5.91 Å². The van der Waals surface area contributed by atoms with Gasteiger partial charge in [0.05, 0.1) is 0 Å². The van der Waals surface area contributed by atoms with Crippen molar-refractivity contribution in [3.63, 3.8) is 0 Å². The van der Waals surface area contributed by atoms with Crippen LogP contribution in [0.2, 0.25) is 0 Å². The van der Waals surface area contributed by atoms with Crippen LogP contribution in [-0.2, 0) is 7.05 Å². The van der Waals surface area contributed by atoms with Crippen LogP contribution in [0.3, 0.4) is 0 Å². The molecular weight excluding hydrogens is 214 g/mol. The Morgan fingerprint density at radius 1 is 1.29 bits per heavy atom. The lowest BCUT2D eigenvalue weighted by Crippen LogP contribution is -2.14. The maximum absolute atomic E-state index is 12.0. The number of benzene rings is 1. The Kier molecular flexibility index (Phi) is 2.95. The molecule has 0 unspecified atom stereocenters. The zero-order chi connectivity index (χ0) is 12.4. The van der Waals surface area contributed by atoms with Crippen LogP contribution in [0.5, 0.6) is 0 Å². The lowest BCUT2D eigenvalue weighted by Gasteiger charge is -2.06. The van der Waals surface area contributed by atoms with Gasteiger partial charge in [-0.1, -0.05) is 17.7 Å². The minimum absolute atomic E-state index is 0.120. The maximum Gasteiger partial charge on any atom is 0.257 e. The molecule has 2 aromatic rings. The van der Waals surface area contributed by atoms with Gasteiger partial charge in [0.25, 0.3) is 5.91 Å². The molecule has 0 bridgehead atoms. The number of hydrogen-bond acceptors (Lipinski definition) is 2. The molecule has 1 aromatic heterocycles. The van der Waals surface area contributed by atoms with E-state index in [0.717, 1.165) is 11.1 Å². The van der Waals surface area contributed by atoms with E-state index in [9.17, 15) is 4.79 Å². The van der Waals surface area contributed by atoms with Gasteiger partial charge in [-0.2, -0.15) is 5.10 Å². The maximum atomic E-state index is 12.0. The zero-order valence-corrected chi connectivity index (χ0v) is 10.2. The fraction of sp³-hybridized carbons (Fsp3) is 0.231. The molecule has 0 saturated heterocycles. The summed E-state index contributed by atoms with van der Waals surface area (Å²) in [6, 6.07) is 7.59. The molecule has 0 aliphatic rings. The van der Waals surface area contributed by atoms with E-state index < -0.39 is 0 Å². The molecule has 1 aromatic carbocycles. The second-order valence-electron chi connectivity index (χ2n) is 4.15. The summed E-state index contributed by atoms with van der Waals surface area (Å²) in [6.45, 7) is 3.89. The van der Waals surface area contributed by atoms with Gasteiger partial charge in [-0.05, 0) is 25.5 Å². The number of hydrogen-bond donors (Lipinski definition) is 1. The molecule has 2 rings (SSSR count). The molecule has 4 nitrogen and oxygen atoms in total. The van der Waals surface area contributed by atoms with E-state index >= 15 is 0 Å². The van der Waals surface area contributed by atoms with Gasteiger partial charge in [0, 0.05) is 24.9 Å². The Labute approximate surface area is 100 Å². The van der Waals surface area contributed by atoms with E-state index in [0.29, 0.717) is 11.4 Å². The van der Waals surface area contributed by atoms with Crippen LogP contribution in [0, 0.1) is 13.8 Å². The Balaban J connectivity index is 2.22. The molecule has 1 amide bonds. The average molecular weight is 229 g/mol. The number of anilines is 1. The largest absolute Gasteiger partial charge is 0.305 e. The predicted octanol–water partition coefficient (Wildman–Crippen LogP) is 2.29. The highest BCUT2D eigenvalue weighted by Crippen LogP contribution is 2.12. The van der Waals surface area contributed by atoms with Crippen LogP contribution in [0.1, 0.15) is 21.5 Å². The first-order valence-electron chi connectivity index (χ1n) is 5.44. The zero-order valence-electron chi connectivity index (χ0n) is 10.2. The Hall–Kier alpha value is -2.10. The van der Waals surface area contributed by atoms with Gasteiger partial charge < -0.3 is 5.32 Å². The van der Waals surface area contributed by atoms with E-state index in [4.69, 9.17) is 0 Å². The summed E-state index contributed by atoms with van der Waals surface area (Å²) in [5.41, 5.74) is 2.72. The van der Waals surface area contributed by atoms with Gasteiger partial charge in [0.1, 0.15) is 0 Å². The third kappa shape index (κ3) is 2.53. The molecule has 1 heterocycles. The summed E-state index contributed by atoms with van der Waals surface area (Å²) in [7, 11) is 1.81. The SMILES string of the molecule is Cc1ccc(C)c(C(=O)Nc2ccn(C)n2)c1.